The molecule has 3 N–H and O–H groups in total. The molecule has 0 spiro atoms. The summed E-state index contributed by atoms with van der Waals surface area (Å²) in [4.78, 5) is 40.0. The van der Waals surface area contributed by atoms with E-state index in [-0.39, 0.29) is 11.5 Å². The van der Waals surface area contributed by atoms with Crippen molar-refractivity contribution in [1.82, 2.24) is 19.8 Å². The number of fused-ring (bicyclic) bond motifs is 1. The number of nitro groups is 1. The number of hydrogen-bond donors (Lipinski definition) is 3. The number of rotatable bonds is 17. The minimum absolute atomic E-state index is 0.0517. The quantitative estimate of drug-likeness (QED) is 0.0455. The van der Waals surface area contributed by atoms with Crippen molar-refractivity contribution in [2.24, 2.45) is 0 Å². The molecule has 1 fully saturated rings. The number of anilines is 3. The van der Waals surface area contributed by atoms with Gasteiger partial charge in [0.15, 0.2) is 5.82 Å². The number of halogens is 1. The Morgan fingerprint density at radius 1 is 0.951 bits per heavy atom. The molecule has 0 radical (unpaired) electrons. The number of carboxylic acid groups (broad SMARTS) is 1. The number of sulfonamides is 1. The van der Waals surface area contributed by atoms with Crippen LogP contribution in [-0.2, 0) is 16.6 Å². The molecule has 316 valence electrons. The SMILES string of the molecule is CN(C)CCC(CSc1ccccc1)Nc1c(C(=O)O)cc(S(=O)(=O)Nc2ncnc3cc(N4CCN(Cc5ccccc5-c5ccc(Cl)cc5)CC4)ccc23)cc1[N+](=O)[O-]. The molecule has 1 saturated heterocycles. The predicted octanol–water partition coefficient (Wildman–Crippen LogP) is 8.20. The highest BCUT2D eigenvalue weighted by Gasteiger charge is 2.30. The van der Waals surface area contributed by atoms with Crippen molar-refractivity contribution in [1.29, 1.82) is 0 Å². The maximum Gasteiger partial charge on any atom is 0.338 e. The van der Waals surface area contributed by atoms with Crippen LogP contribution in [0.4, 0.5) is 22.9 Å². The minimum Gasteiger partial charge on any atom is -0.478 e. The number of aromatic carboxylic acids is 1. The molecule has 1 aromatic heterocycles. The number of thioether (sulfide) groups is 1. The van der Waals surface area contributed by atoms with Gasteiger partial charge in [-0.2, -0.15) is 0 Å². The number of carboxylic acids is 1. The van der Waals surface area contributed by atoms with Gasteiger partial charge in [0.25, 0.3) is 15.7 Å². The van der Waals surface area contributed by atoms with Crippen LogP contribution in [0.25, 0.3) is 22.0 Å². The minimum atomic E-state index is -4.58. The average molecular weight is 881 g/mol. The first-order valence-corrected chi connectivity index (χ1v) is 22.4. The number of carbonyl (C=O) groups is 1. The molecule has 0 aliphatic carbocycles. The molecule has 5 aromatic carbocycles. The Balaban J connectivity index is 1.07. The van der Waals surface area contributed by atoms with E-state index in [1.54, 1.807) is 6.07 Å². The van der Waals surface area contributed by atoms with Crippen LogP contribution in [0.3, 0.4) is 0 Å². The van der Waals surface area contributed by atoms with Gasteiger partial charge in [-0.1, -0.05) is 66.2 Å². The van der Waals surface area contributed by atoms with E-state index < -0.39 is 43.1 Å². The fraction of sp³-hybridized carbons (Fsp3) is 0.250. The Labute approximate surface area is 363 Å². The molecule has 1 aliphatic heterocycles. The number of nitrogens with one attached hydrogen (secondary N) is 2. The van der Waals surface area contributed by atoms with Crippen LogP contribution in [0, 0.1) is 10.1 Å². The van der Waals surface area contributed by atoms with Crippen LogP contribution >= 0.6 is 23.4 Å². The van der Waals surface area contributed by atoms with E-state index >= 15 is 0 Å². The molecule has 1 aliphatic rings. The van der Waals surface area contributed by atoms with E-state index in [4.69, 9.17) is 11.6 Å². The second-order valence-corrected chi connectivity index (χ2v) is 18.2. The third-order valence-corrected chi connectivity index (χ3v) is 13.2. The smallest absolute Gasteiger partial charge is 0.338 e. The van der Waals surface area contributed by atoms with Crippen LogP contribution in [0.2, 0.25) is 5.02 Å². The Kier molecular flexibility index (Phi) is 13.7. The summed E-state index contributed by atoms with van der Waals surface area (Å²) < 4.78 is 30.3. The zero-order valence-electron chi connectivity index (χ0n) is 33.6. The maximum atomic E-state index is 13.9. The normalized spacial score (nSPS) is 13.9. The summed E-state index contributed by atoms with van der Waals surface area (Å²) in [5, 5.41) is 27.0. The first-order valence-electron chi connectivity index (χ1n) is 19.6. The molecule has 1 unspecified atom stereocenters. The fourth-order valence-electron chi connectivity index (χ4n) is 7.23. The molecule has 1 atom stereocenters. The molecule has 7 rings (SSSR count). The molecule has 6 aromatic rings. The van der Waals surface area contributed by atoms with Crippen molar-refractivity contribution in [3.63, 3.8) is 0 Å². The lowest BCUT2D eigenvalue weighted by Gasteiger charge is -2.36. The molecule has 14 nitrogen and oxygen atoms in total. The zero-order valence-corrected chi connectivity index (χ0v) is 36.0. The second-order valence-electron chi connectivity index (χ2n) is 14.9. The fourth-order valence-corrected chi connectivity index (χ4v) is 9.43. The summed E-state index contributed by atoms with van der Waals surface area (Å²) in [7, 11) is -0.792. The molecule has 2 heterocycles. The van der Waals surface area contributed by atoms with E-state index in [1.165, 1.54) is 29.2 Å². The third kappa shape index (κ3) is 10.8. The van der Waals surface area contributed by atoms with E-state index in [2.05, 4.69) is 48.0 Å². The monoisotopic (exact) mass is 880 g/mol. The molecule has 0 amide bonds. The predicted molar refractivity (Wildman–Crippen MR) is 243 cm³/mol. The van der Waals surface area contributed by atoms with Gasteiger partial charge in [0, 0.05) is 71.6 Å². The number of piperazine rings is 1. The van der Waals surface area contributed by atoms with E-state index in [9.17, 15) is 28.4 Å². The van der Waals surface area contributed by atoms with Gasteiger partial charge < -0.3 is 20.2 Å². The van der Waals surface area contributed by atoms with Crippen molar-refractivity contribution in [3.05, 3.63) is 142 Å². The Bertz CT molecular complexity index is 2590. The van der Waals surface area contributed by atoms with Crippen molar-refractivity contribution >= 4 is 73.1 Å². The van der Waals surface area contributed by atoms with Crippen molar-refractivity contribution in [2.75, 3.05) is 67.5 Å². The lowest BCUT2D eigenvalue weighted by molar-refractivity contribution is -0.384. The van der Waals surface area contributed by atoms with Crippen LogP contribution < -0.4 is 14.9 Å². The lowest BCUT2D eigenvalue weighted by atomic mass is 9.99. The van der Waals surface area contributed by atoms with Crippen molar-refractivity contribution in [3.8, 4) is 11.1 Å². The number of aromatic nitrogens is 2. The number of nitro benzene ring substituents is 1. The first kappa shape index (κ1) is 43.3. The average Bonchev–Trinajstić information content (AvgIpc) is 3.25. The lowest BCUT2D eigenvalue weighted by Crippen LogP contribution is -2.46. The summed E-state index contributed by atoms with van der Waals surface area (Å²) in [5.41, 5.74) is 3.43. The third-order valence-electron chi connectivity index (χ3n) is 10.5. The van der Waals surface area contributed by atoms with E-state index in [1.807, 2.05) is 91.8 Å². The van der Waals surface area contributed by atoms with Gasteiger partial charge in [-0.25, -0.2) is 23.2 Å². The highest BCUT2D eigenvalue weighted by Crippen LogP contribution is 2.36. The molecule has 0 saturated carbocycles. The Morgan fingerprint density at radius 2 is 1.67 bits per heavy atom. The van der Waals surface area contributed by atoms with Gasteiger partial charge in [0.2, 0.25) is 0 Å². The van der Waals surface area contributed by atoms with Crippen LogP contribution in [0.1, 0.15) is 22.3 Å². The highest BCUT2D eigenvalue weighted by molar-refractivity contribution is 7.99. The van der Waals surface area contributed by atoms with Gasteiger partial charge in [0.05, 0.1) is 20.9 Å². The highest BCUT2D eigenvalue weighted by atomic mass is 35.5. The molecular weight excluding hydrogens is 836 g/mol. The van der Waals surface area contributed by atoms with Crippen molar-refractivity contribution < 1.29 is 23.2 Å². The topological polar surface area (TPSA) is 174 Å². The van der Waals surface area contributed by atoms with Crippen molar-refractivity contribution in [2.45, 2.75) is 28.8 Å². The molecule has 17 heteroatoms. The van der Waals surface area contributed by atoms with Crippen LogP contribution in [0.15, 0.2) is 125 Å². The Morgan fingerprint density at radius 3 is 2.38 bits per heavy atom. The summed E-state index contributed by atoms with van der Waals surface area (Å²) in [6.45, 7) is 4.58. The summed E-state index contributed by atoms with van der Waals surface area (Å²) in [5.74, 6) is -1.10. The van der Waals surface area contributed by atoms with Gasteiger partial charge in [0.1, 0.15) is 12.0 Å². The van der Waals surface area contributed by atoms with Crippen LogP contribution in [0.5, 0.6) is 0 Å². The van der Waals surface area contributed by atoms with Crippen LogP contribution in [-0.4, -0.2) is 103 Å². The molecule has 61 heavy (non-hydrogen) atoms. The second kappa shape index (κ2) is 19.3. The zero-order chi connectivity index (χ0) is 43.1. The maximum absolute atomic E-state index is 13.9. The number of hydrogen-bond acceptors (Lipinski definition) is 12. The summed E-state index contributed by atoms with van der Waals surface area (Å²) in [6, 6.07) is 32.7. The first-order chi connectivity index (χ1) is 29.3. The van der Waals surface area contributed by atoms with Gasteiger partial charge in [-0.15, -0.1) is 11.8 Å². The van der Waals surface area contributed by atoms with E-state index in [0.29, 0.717) is 34.6 Å². The Hall–Kier alpha value is -5.78. The largest absolute Gasteiger partial charge is 0.478 e. The standard InChI is InChI=1S/C44H45ClN8O6S2/c1-50(2)19-18-33(28-60-35-9-4-3-5-10-35)48-42-39(44(54)55)25-36(26-41(42)53(56)57)61(58,59)49-43-38-17-16-34(24-40(38)46-29-47-43)52-22-20-51(21-23-52)27-31-8-6-7-11-37(31)30-12-14-32(45)15-13-30/h3-17,24-26,29,33,48H,18-23,27-28H2,1-2H3,(H,54,55)(H,46,47,49). The molecular formula is C44H45ClN8O6S2. The number of nitrogens with zero attached hydrogens (tertiary/aromatic N) is 6. The summed E-state index contributed by atoms with van der Waals surface area (Å²) >= 11 is 7.66. The van der Waals surface area contributed by atoms with Gasteiger partial charge >= 0.3 is 5.97 Å². The van der Waals surface area contributed by atoms with E-state index in [0.717, 1.165) is 61.0 Å². The number of benzene rings is 5. The molecule has 0 bridgehead atoms. The van der Waals surface area contributed by atoms with Gasteiger partial charge in [-0.05, 0) is 92.3 Å². The van der Waals surface area contributed by atoms with Gasteiger partial charge in [-0.3, -0.25) is 19.7 Å². The summed E-state index contributed by atoms with van der Waals surface area (Å²) in [6.07, 6.45) is 1.77.